The standard InChI is InChI=1S/C10H10BrN3S/c1-6-9(7-3-15-4-8(7)11)13-5-14-10(6)12-2/h3-5H,1-2H3,(H,12,13,14). The van der Waals surface area contributed by atoms with Crippen molar-refractivity contribution in [1.82, 2.24) is 9.97 Å². The molecule has 0 aromatic carbocycles. The molecule has 0 bridgehead atoms. The van der Waals surface area contributed by atoms with Crippen LogP contribution in [0.25, 0.3) is 11.3 Å². The monoisotopic (exact) mass is 283 g/mol. The van der Waals surface area contributed by atoms with Gasteiger partial charge in [0.25, 0.3) is 0 Å². The molecule has 0 radical (unpaired) electrons. The highest BCUT2D eigenvalue weighted by Gasteiger charge is 2.11. The lowest BCUT2D eigenvalue weighted by molar-refractivity contribution is 1.13. The fourth-order valence-corrected chi connectivity index (χ4v) is 2.89. The summed E-state index contributed by atoms with van der Waals surface area (Å²) in [4.78, 5) is 8.48. The molecule has 3 nitrogen and oxygen atoms in total. The molecule has 0 fully saturated rings. The lowest BCUT2D eigenvalue weighted by Crippen LogP contribution is -1.99. The van der Waals surface area contributed by atoms with Gasteiger partial charge in [-0.1, -0.05) is 0 Å². The number of nitrogens with one attached hydrogen (secondary N) is 1. The van der Waals surface area contributed by atoms with E-state index in [1.807, 2.05) is 14.0 Å². The van der Waals surface area contributed by atoms with Gasteiger partial charge in [-0.3, -0.25) is 0 Å². The molecular weight excluding hydrogens is 274 g/mol. The summed E-state index contributed by atoms with van der Waals surface area (Å²) in [5.74, 6) is 0.873. The largest absolute Gasteiger partial charge is 0.373 e. The van der Waals surface area contributed by atoms with Crippen LogP contribution in [0.2, 0.25) is 0 Å². The van der Waals surface area contributed by atoms with Gasteiger partial charge in [0.1, 0.15) is 12.1 Å². The van der Waals surface area contributed by atoms with Crippen molar-refractivity contribution in [2.24, 2.45) is 0 Å². The molecule has 0 aliphatic heterocycles. The predicted octanol–water partition coefficient (Wildman–Crippen LogP) is 3.32. The Morgan fingerprint density at radius 3 is 2.73 bits per heavy atom. The number of hydrogen-bond acceptors (Lipinski definition) is 4. The average molecular weight is 284 g/mol. The van der Waals surface area contributed by atoms with E-state index in [0.29, 0.717) is 0 Å². The van der Waals surface area contributed by atoms with Crippen LogP contribution in [-0.4, -0.2) is 17.0 Å². The van der Waals surface area contributed by atoms with Crippen LogP contribution in [0.1, 0.15) is 5.56 Å². The first kappa shape index (κ1) is 10.6. The normalized spacial score (nSPS) is 10.3. The molecule has 2 aromatic rings. The summed E-state index contributed by atoms with van der Waals surface area (Å²) < 4.78 is 1.08. The highest BCUT2D eigenvalue weighted by molar-refractivity contribution is 9.10. The zero-order valence-electron chi connectivity index (χ0n) is 8.41. The molecule has 0 aliphatic carbocycles. The molecule has 78 valence electrons. The van der Waals surface area contributed by atoms with Gasteiger partial charge < -0.3 is 5.32 Å². The maximum Gasteiger partial charge on any atom is 0.132 e. The number of hydrogen-bond donors (Lipinski definition) is 1. The van der Waals surface area contributed by atoms with Crippen LogP contribution in [-0.2, 0) is 0 Å². The van der Waals surface area contributed by atoms with Crippen molar-refractivity contribution in [3.8, 4) is 11.3 Å². The second-order valence-corrected chi connectivity index (χ2v) is 4.68. The quantitative estimate of drug-likeness (QED) is 0.919. The second kappa shape index (κ2) is 4.28. The molecule has 0 amide bonds. The van der Waals surface area contributed by atoms with Crippen LogP contribution in [0.3, 0.4) is 0 Å². The maximum atomic E-state index is 4.32. The molecular formula is C10H10BrN3S. The predicted molar refractivity (Wildman–Crippen MR) is 67.3 cm³/mol. The Morgan fingerprint density at radius 2 is 2.13 bits per heavy atom. The van der Waals surface area contributed by atoms with E-state index in [1.54, 1.807) is 17.7 Å². The molecule has 0 spiro atoms. The average Bonchev–Trinajstić information content (AvgIpc) is 2.65. The zero-order chi connectivity index (χ0) is 10.8. The van der Waals surface area contributed by atoms with Crippen LogP contribution in [0.4, 0.5) is 5.82 Å². The maximum absolute atomic E-state index is 4.32. The summed E-state index contributed by atoms with van der Waals surface area (Å²) in [5.41, 5.74) is 3.16. The summed E-state index contributed by atoms with van der Waals surface area (Å²) in [7, 11) is 1.86. The van der Waals surface area contributed by atoms with E-state index in [9.17, 15) is 0 Å². The van der Waals surface area contributed by atoms with Crippen LogP contribution >= 0.6 is 27.3 Å². The van der Waals surface area contributed by atoms with Gasteiger partial charge in [-0.15, -0.1) is 0 Å². The Hall–Kier alpha value is -0.940. The van der Waals surface area contributed by atoms with E-state index < -0.39 is 0 Å². The summed E-state index contributed by atoms with van der Waals surface area (Å²) in [6, 6.07) is 0. The number of thiophene rings is 1. The lowest BCUT2D eigenvalue weighted by Gasteiger charge is -2.07. The molecule has 0 atom stereocenters. The third kappa shape index (κ3) is 1.89. The number of anilines is 1. The molecule has 1 N–H and O–H groups in total. The van der Waals surface area contributed by atoms with Crippen LogP contribution in [0.5, 0.6) is 0 Å². The summed E-state index contributed by atoms with van der Waals surface area (Å²) in [6.45, 7) is 2.02. The molecule has 15 heavy (non-hydrogen) atoms. The number of rotatable bonds is 2. The molecule has 2 aromatic heterocycles. The van der Waals surface area contributed by atoms with Gasteiger partial charge in [0.15, 0.2) is 0 Å². The Morgan fingerprint density at radius 1 is 1.33 bits per heavy atom. The van der Waals surface area contributed by atoms with E-state index in [2.05, 4.69) is 42.0 Å². The van der Waals surface area contributed by atoms with Gasteiger partial charge in [-0.2, -0.15) is 11.3 Å². The van der Waals surface area contributed by atoms with Crippen molar-refractivity contribution in [2.75, 3.05) is 12.4 Å². The SMILES string of the molecule is CNc1ncnc(-c2cscc2Br)c1C. The minimum absolute atomic E-state index is 0.873. The van der Waals surface area contributed by atoms with Crippen molar-refractivity contribution >= 4 is 33.1 Å². The minimum atomic E-state index is 0.873. The Labute approximate surface area is 101 Å². The first-order chi connectivity index (χ1) is 7.24. The van der Waals surface area contributed by atoms with Gasteiger partial charge in [-0.05, 0) is 22.9 Å². The summed E-state index contributed by atoms with van der Waals surface area (Å²) >= 11 is 5.17. The highest BCUT2D eigenvalue weighted by atomic mass is 79.9. The van der Waals surface area contributed by atoms with Gasteiger partial charge in [-0.25, -0.2) is 9.97 Å². The topological polar surface area (TPSA) is 37.8 Å². The first-order valence-electron chi connectivity index (χ1n) is 4.45. The van der Waals surface area contributed by atoms with E-state index in [1.165, 1.54) is 0 Å². The van der Waals surface area contributed by atoms with E-state index in [0.717, 1.165) is 27.1 Å². The Kier molecular flexibility index (Phi) is 3.02. The number of aromatic nitrogens is 2. The Balaban J connectivity index is 2.59. The zero-order valence-corrected chi connectivity index (χ0v) is 10.8. The van der Waals surface area contributed by atoms with Crippen molar-refractivity contribution in [2.45, 2.75) is 6.92 Å². The number of halogens is 1. The Bertz CT molecular complexity index is 481. The van der Waals surface area contributed by atoms with Gasteiger partial charge in [0.05, 0.1) is 5.69 Å². The molecule has 0 aliphatic rings. The highest BCUT2D eigenvalue weighted by Crippen LogP contribution is 2.33. The third-order valence-corrected chi connectivity index (χ3v) is 3.89. The van der Waals surface area contributed by atoms with Crippen molar-refractivity contribution in [1.29, 1.82) is 0 Å². The lowest BCUT2D eigenvalue weighted by atomic mass is 10.1. The molecule has 2 rings (SSSR count). The summed E-state index contributed by atoms with van der Waals surface area (Å²) in [5, 5.41) is 7.19. The molecule has 2 heterocycles. The van der Waals surface area contributed by atoms with Crippen LogP contribution in [0.15, 0.2) is 21.6 Å². The first-order valence-corrected chi connectivity index (χ1v) is 6.19. The third-order valence-electron chi connectivity index (χ3n) is 2.19. The van der Waals surface area contributed by atoms with Gasteiger partial charge in [0.2, 0.25) is 0 Å². The molecule has 0 saturated heterocycles. The fraction of sp³-hybridized carbons (Fsp3) is 0.200. The van der Waals surface area contributed by atoms with Crippen molar-refractivity contribution < 1.29 is 0 Å². The second-order valence-electron chi connectivity index (χ2n) is 3.08. The van der Waals surface area contributed by atoms with Crippen molar-refractivity contribution in [3.05, 3.63) is 27.1 Å². The number of nitrogens with zero attached hydrogens (tertiary/aromatic N) is 2. The minimum Gasteiger partial charge on any atom is -0.373 e. The molecule has 0 unspecified atom stereocenters. The van der Waals surface area contributed by atoms with E-state index in [-0.39, 0.29) is 0 Å². The summed E-state index contributed by atoms with van der Waals surface area (Å²) in [6.07, 6.45) is 1.58. The van der Waals surface area contributed by atoms with E-state index in [4.69, 9.17) is 0 Å². The molecule has 0 saturated carbocycles. The van der Waals surface area contributed by atoms with Crippen LogP contribution in [0, 0.1) is 6.92 Å². The van der Waals surface area contributed by atoms with E-state index >= 15 is 0 Å². The molecule has 5 heteroatoms. The van der Waals surface area contributed by atoms with Gasteiger partial charge >= 0.3 is 0 Å². The van der Waals surface area contributed by atoms with Crippen LogP contribution < -0.4 is 5.32 Å². The van der Waals surface area contributed by atoms with Crippen molar-refractivity contribution in [3.63, 3.8) is 0 Å². The fourth-order valence-electron chi connectivity index (χ4n) is 1.42. The smallest absolute Gasteiger partial charge is 0.132 e. The van der Waals surface area contributed by atoms with Gasteiger partial charge in [0, 0.05) is 33.4 Å².